The molecule has 0 amide bonds. The van der Waals surface area contributed by atoms with Crippen LogP contribution in [0.3, 0.4) is 0 Å². The van der Waals surface area contributed by atoms with Crippen molar-refractivity contribution in [1.29, 1.82) is 0 Å². The van der Waals surface area contributed by atoms with Gasteiger partial charge in [-0.05, 0) is 28.7 Å². The molecule has 1 unspecified atom stereocenters. The Morgan fingerprint density at radius 1 is 1.13 bits per heavy atom. The van der Waals surface area contributed by atoms with Crippen LogP contribution in [0, 0.1) is 0 Å². The predicted octanol–water partition coefficient (Wildman–Crippen LogP) is 4.52. The number of hydrogen-bond acceptors (Lipinski definition) is 0. The minimum absolute atomic E-state index is 0.550. The molecule has 0 N–H and O–H groups in total. The summed E-state index contributed by atoms with van der Waals surface area (Å²) in [6.07, 6.45) is 3.03. The molecule has 2 aromatic rings. The summed E-state index contributed by atoms with van der Waals surface area (Å²) < 4.78 is 0. The molecule has 76 valence electrons. The van der Waals surface area contributed by atoms with E-state index in [2.05, 4.69) is 56.0 Å². The molecule has 2 aromatic carbocycles. The van der Waals surface area contributed by atoms with E-state index < -0.39 is 0 Å². The Hall–Kier alpha value is -1.56. The van der Waals surface area contributed by atoms with Gasteiger partial charge in [0.05, 0.1) is 0 Å². The number of rotatable bonds is 3. The van der Waals surface area contributed by atoms with E-state index in [1.54, 1.807) is 0 Å². The molecule has 0 radical (unpaired) electrons. The number of hydrogen-bond donors (Lipinski definition) is 0. The average Bonchev–Trinajstić information content (AvgIpc) is 2.28. The van der Waals surface area contributed by atoms with E-state index >= 15 is 0 Å². The van der Waals surface area contributed by atoms with E-state index in [1.807, 2.05) is 6.08 Å². The third-order valence-corrected chi connectivity index (χ3v) is 2.87. The van der Waals surface area contributed by atoms with Crippen LogP contribution in [-0.2, 0) is 0 Å². The Balaban J connectivity index is 2.55. The van der Waals surface area contributed by atoms with Gasteiger partial charge in [-0.2, -0.15) is 0 Å². The lowest BCUT2D eigenvalue weighted by Crippen LogP contribution is -1.92. The van der Waals surface area contributed by atoms with Gasteiger partial charge in [-0.15, -0.1) is 6.58 Å². The first kappa shape index (κ1) is 9.97. The van der Waals surface area contributed by atoms with Crippen molar-refractivity contribution < 1.29 is 0 Å². The molecule has 0 saturated carbocycles. The summed E-state index contributed by atoms with van der Waals surface area (Å²) in [5, 5.41) is 2.69. The van der Waals surface area contributed by atoms with Crippen LogP contribution < -0.4 is 0 Å². The Bertz CT molecular complexity index is 463. The SMILES string of the molecule is C=CCC(C)c1cccc2ccccc12. The molecule has 0 aliphatic heterocycles. The molecule has 0 heterocycles. The Morgan fingerprint density at radius 2 is 1.87 bits per heavy atom. The highest BCUT2D eigenvalue weighted by molar-refractivity contribution is 5.86. The third-order valence-electron chi connectivity index (χ3n) is 2.87. The molecule has 0 fully saturated rings. The first-order valence-corrected chi connectivity index (χ1v) is 5.41. The fourth-order valence-electron chi connectivity index (χ4n) is 2.06. The van der Waals surface area contributed by atoms with Crippen LogP contribution in [0.4, 0.5) is 0 Å². The van der Waals surface area contributed by atoms with E-state index in [0.29, 0.717) is 5.92 Å². The van der Waals surface area contributed by atoms with Crippen molar-refractivity contribution in [1.82, 2.24) is 0 Å². The van der Waals surface area contributed by atoms with Crippen molar-refractivity contribution in [2.45, 2.75) is 19.3 Å². The molecule has 0 heteroatoms. The molecule has 0 aliphatic carbocycles. The standard InChI is InChI=1S/C15H16/c1-3-7-12(2)14-11-6-9-13-8-4-5-10-15(13)14/h3-6,8-12H,1,7H2,2H3. The van der Waals surface area contributed by atoms with Crippen LogP contribution in [0.25, 0.3) is 10.8 Å². The maximum Gasteiger partial charge on any atom is -0.0149 e. The lowest BCUT2D eigenvalue weighted by molar-refractivity contribution is 0.789. The van der Waals surface area contributed by atoms with Crippen molar-refractivity contribution >= 4 is 10.8 Å². The van der Waals surface area contributed by atoms with E-state index in [9.17, 15) is 0 Å². The average molecular weight is 196 g/mol. The number of fused-ring (bicyclic) bond motifs is 1. The van der Waals surface area contributed by atoms with Crippen LogP contribution in [-0.4, -0.2) is 0 Å². The summed E-state index contributed by atoms with van der Waals surface area (Å²) in [4.78, 5) is 0. The molecular formula is C15H16. The quantitative estimate of drug-likeness (QED) is 0.633. The van der Waals surface area contributed by atoms with Crippen molar-refractivity contribution in [3.8, 4) is 0 Å². The topological polar surface area (TPSA) is 0 Å². The van der Waals surface area contributed by atoms with Crippen LogP contribution in [0.5, 0.6) is 0 Å². The van der Waals surface area contributed by atoms with Gasteiger partial charge >= 0.3 is 0 Å². The van der Waals surface area contributed by atoms with E-state index in [-0.39, 0.29) is 0 Å². The summed E-state index contributed by atoms with van der Waals surface area (Å²) in [6.45, 7) is 6.06. The second kappa shape index (κ2) is 4.31. The highest BCUT2D eigenvalue weighted by Gasteiger charge is 2.06. The Kier molecular flexibility index (Phi) is 2.86. The molecule has 0 bridgehead atoms. The Labute approximate surface area is 91.2 Å². The monoisotopic (exact) mass is 196 g/mol. The van der Waals surface area contributed by atoms with Crippen LogP contribution >= 0.6 is 0 Å². The van der Waals surface area contributed by atoms with Crippen molar-refractivity contribution in [2.75, 3.05) is 0 Å². The predicted molar refractivity (Wildman–Crippen MR) is 67.2 cm³/mol. The maximum absolute atomic E-state index is 3.81. The second-order valence-electron chi connectivity index (χ2n) is 3.99. The van der Waals surface area contributed by atoms with Crippen LogP contribution in [0.1, 0.15) is 24.8 Å². The summed E-state index contributed by atoms with van der Waals surface area (Å²) in [7, 11) is 0. The van der Waals surface area contributed by atoms with Gasteiger partial charge in [-0.25, -0.2) is 0 Å². The van der Waals surface area contributed by atoms with Crippen LogP contribution in [0.15, 0.2) is 55.1 Å². The highest BCUT2D eigenvalue weighted by atomic mass is 14.1. The van der Waals surface area contributed by atoms with Gasteiger partial charge in [0.2, 0.25) is 0 Å². The molecule has 0 aromatic heterocycles. The smallest absolute Gasteiger partial charge is 0.0149 e. The van der Waals surface area contributed by atoms with Gasteiger partial charge in [0, 0.05) is 0 Å². The summed E-state index contributed by atoms with van der Waals surface area (Å²) in [5.74, 6) is 0.550. The lowest BCUT2D eigenvalue weighted by atomic mass is 9.93. The molecule has 0 spiro atoms. The van der Waals surface area contributed by atoms with Gasteiger partial charge in [0.1, 0.15) is 0 Å². The van der Waals surface area contributed by atoms with Gasteiger partial charge in [-0.3, -0.25) is 0 Å². The Morgan fingerprint density at radius 3 is 2.67 bits per heavy atom. The molecule has 0 saturated heterocycles. The van der Waals surface area contributed by atoms with Gasteiger partial charge < -0.3 is 0 Å². The summed E-state index contributed by atoms with van der Waals surface area (Å²) in [6, 6.07) is 15.1. The normalized spacial score (nSPS) is 12.6. The minimum Gasteiger partial charge on any atom is -0.103 e. The van der Waals surface area contributed by atoms with Crippen molar-refractivity contribution in [2.24, 2.45) is 0 Å². The zero-order chi connectivity index (χ0) is 10.7. The summed E-state index contributed by atoms with van der Waals surface area (Å²) in [5.41, 5.74) is 1.42. The third kappa shape index (κ3) is 1.94. The maximum atomic E-state index is 3.81. The number of benzene rings is 2. The van der Waals surface area contributed by atoms with E-state index in [1.165, 1.54) is 16.3 Å². The fraction of sp³-hybridized carbons (Fsp3) is 0.200. The van der Waals surface area contributed by atoms with Crippen molar-refractivity contribution in [3.05, 3.63) is 60.7 Å². The first-order chi connectivity index (χ1) is 7.33. The lowest BCUT2D eigenvalue weighted by Gasteiger charge is -2.12. The van der Waals surface area contributed by atoms with Crippen LogP contribution in [0.2, 0.25) is 0 Å². The molecule has 15 heavy (non-hydrogen) atoms. The van der Waals surface area contributed by atoms with Gasteiger partial charge in [-0.1, -0.05) is 55.5 Å². The highest BCUT2D eigenvalue weighted by Crippen LogP contribution is 2.27. The first-order valence-electron chi connectivity index (χ1n) is 5.41. The number of allylic oxidation sites excluding steroid dienone is 1. The van der Waals surface area contributed by atoms with E-state index in [0.717, 1.165) is 6.42 Å². The largest absolute Gasteiger partial charge is 0.103 e. The molecular weight excluding hydrogens is 180 g/mol. The van der Waals surface area contributed by atoms with Gasteiger partial charge in [0.25, 0.3) is 0 Å². The van der Waals surface area contributed by atoms with E-state index in [4.69, 9.17) is 0 Å². The molecule has 1 atom stereocenters. The minimum atomic E-state index is 0.550. The zero-order valence-corrected chi connectivity index (χ0v) is 9.11. The second-order valence-corrected chi connectivity index (χ2v) is 3.99. The van der Waals surface area contributed by atoms with Crippen molar-refractivity contribution in [3.63, 3.8) is 0 Å². The van der Waals surface area contributed by atoms with Gasteiger partial charge in [0.15, 0.2) is 0 Å². The zero-order valence-electron chi connectivity index (χ0n) is 9.11. The summed E-state index contributed by atoms with van der Waals surface area (Å²) >= 11 is 0. The molecule has 2 rings (SSSR count). The fourth-order valence-corrected chi connectivity index (χ4v) is 2.06. The molecule has 0 aliphatic rings. The molecule has 0 nitrogen and oxygen atoms in total.